The number of benzene rings is 1. The first kappa shape index (κ1) is 19.8. The summed E-state index contributed by atoms with van der Waals surface area (Å²) in [5.41, 5.74) is 3.02. The normalized spacial score (nSPS) is 15.9. The van der Waals surface area contributed by atoms with Crippen molar-refractivity contribution in [3.05, 3.63) is 45.2 Å². The summed E-state index contributed by atoms with van der Waals surface area (Å²) in [7, 11) is 0. The average Bonchev–Trinajstić information content (AvgIpc) is 2.98. The van der Waals surface area contributed by atoms with Gasteiger partial charge in [-0.25, -0.2) is 9.79 Å². The number of carbonyl (C=O) groups excluding carboxylic acids is 1. The lowest BCUT2D eigenvalue weighted by Crippen LogP contribution is -3.14. The van der Waals surface area contributed by atoms with Gasteiger partial charge in [-0.1, -0.05) is 29.0 Å². The Kier molecular flexibility index (Phi) is 6.82. The third-order valence-electron chi connectivity index (χ3n) is 4.77. The number of hydrogen-bond donors (Lipinski definition) is 1. The van der Waals surface area contributed by atoms with E-state index in [2.05, 4.69) is 11.5 Å². The number of carbonyl (C=O) groups is 1. The fourth-order valence-electron chi connectivity index (χ4n) is 3.13. The van der Waals surface area contributed by atoms with E-state index in [-0.39, 0.29) is 5.97 Å². The van der Waals surface area contributed by atoms with E-state index in [0.29, 0.717) is 11.5 Å². The Bertz CT molecular complexity index is 833. The van der Waals surface area contributed by atoms with E-state index in [4.69, 9.17) is 14.5 Å². The van der Waals surface area contributed by atoms with Gasteiger partial charge in [0.2, 0.25) is 0 Å². The van der Waals surface area contributed by atoms with Gasteiger partial charge in [-0.3, -0.25) is 0 Å². The Labute approximate surface area is 164 Å². The maximum absolute atomic E-state index is 12.3. The standard InChI is InChI=1S/C20H27N3O3S/c1-4-26-19(24)18-16(3)23(10-9-22-11-13-25-14-12-22)20(27-18)21-17-7-5-15(2)6-8-17/h5-8H,4,9-14H2,1-3H3/p+1. The Morgan fingerprint density at radius 3 is 2.63 bits per heavy atom. The van der Waals surface area contributed by atoms with Crippen LogP contribution >= 0.6 is 11.3 Å². The van der Waals surface area contributed by atoms with Gasteiger partial charge in [-0.2, -0.15) is 0 Å². The summed E-state index contributed by atoms with van der Waals surface area (Å²) < 4.78 is 12.8. The first-order valence-corrected chi connectivity index (χ1v) is 10.3. The molecule has 0 bridgehead atoms. The predicted octanol–water partition coefficient (Wildman–Crippen LogP) is 1.49. The molecule has 1 saturated heterocycles. The van der Waals surface area contributed by atoms with Crippen molar-refractivity contribution < 1.29 is 19.2 Å². The first-order chi connectivity index (χ1) is 13.1. The molecule has 2 aromatic rings. The van der Waals surface area contributed by atoms with Gasteiger partial charge in [-0.15, -0.1) is 0 Å². The molecular formula is C20H28N3O3S+. The van der Waals surface area contributed by atoms with Crippen molar-refractivity contribution in [1.29, 1.82) is 0 Å². The Morgan fingerprint density at radius 1 is 1.26 bits per heavy atom. The van der Waals surface area contributed by atoms with Crippen LogP contribution in [0, 0.1) is 13.8 Å². The van der Waals surface area contributed by atoms with Crippen LogP contribution in [0.2, 0.25) is 0 Å². The van der Waals surface area contributed by atoms with Gasteiger partial charge in [0.1, 0.15) is 18.0 Å². The van der Waals surface area contributed by atoms with E-state index >= 15 is 0 Å². The van der Waals surface area contributed by atoms with Crippen LogP contribution in [0.5, 0.6) is 0 Å². The highest BCUT2D eigenvalue weighted by Crippen LogP contribution is 2.16. The van der Waals surface area contributed by atoms with Gasteiger partial charge in [0.15, 0.2) is 4.80 Å². The minimum atomic E-state index is -0.266. The van der Waals surface area contributed by atoms with E-state index < -0.39 is 0 Å². The molecule has 27 heavy (non-hydrogen) atoms. The largest absolute Gasteiger partial charge is 0.462 e. The Morgan fingerprint density at radius 2 is 1.96 bits per heavy atom. The molecule has 6 nitrogen and oxygen atoms in total. The first-order valence-electron chi connectivity index (χ1n) is 9.48. The van der Waals surface area contributed by atoms with Crippen LogP contribution in [-0.4, -0.2) is 50.0 Å². The molecule has 0 saturated carbocycles. The lowest BCUT2D eigenvalue weighted by atomic mass is 10.2. The number of aryl methyl sites for hydroxylation is 1. The molecular weight excluding hydrogens is 362 g/mol. The van der Waals surface area contributed by atoms with E-state index in [1.165, 1.54) is 21.8 Å². The van der Waals surface area contributed by atoms with Crippen molar-refractivity contribution in [2.75, 3.05) is 39.5 Å². The molecule has 0 radical (unpaired) electrons. The van der Waals surface area contributed by atoms with E-state index in [9.17, 15) is 4.79 Å². The number of rotatable bonds is 6. The maximum atomic E-state index is 12.3. The van der Waals surface area contributed by atoms with Gasteiger partial charge in [0.25, 0.3) is 0 Å². The SMILES string of the molecule is CCOC(=O)c1sc(=Nc2ccc(C)cc2)n(CC[NH+]2CCOCC2)c1C. The maximum Gasteiger partial charge on any atom is 0.350 e. The molecule has 2 heterocycles. The monoisotopic (exact) mass is 390 g/mol. The molecule has 0 unspecified atom stereocenters. The molecule has 1 N–H and O–H groups in total. The van der Waals surface area contributed by atoms with Crippen molar-refractivity contribution in [2.45, 2.75) is 27.3 Å². The highest BCUT2D eigenvalue weighted by molar-refractivity contribution is 7.11. The van der Waals surface area contributed by atoms with Gasteiger partial charge >= 0.3 is 5.97 Å². The molecule has 1 aliphatic heterocycles. The lowest BCUT2D eigenvalue weighted by Gasteiger charge is -2.24. The molecule has 146 valence electrons. The van der Waals surface area contributed by atoms with Crippen LogP contribution in [0.3, 0.4) is 0 Å². The Hall–Kier alpha value is -1.96. The van der Waals surface area contributed by atoms with Gasteiger partial charge in [-0.05, 0) is 32.9 Å². The summed E-state index contributed by atoms with van der Waals surface area (Å²) in [5.74, 6) is -0.266. The summed E-state index contributed by atoms with van der Waals surface area (Å²) in [6, 6.07) is 8.11. The van der Waals surface area contributed by atoms with Crippen molar-refractivity contribution in [3.8, 4) is 0 Å². The van der Waals surface area contributed by atoms with Crippen LogP contribution in [0.15, 0.2) is 29.3 Å². The van der Waals surface area contributed by atoms with Crippen molar-refractivity contribution in [1.82, 2.24) is 4.57 Å². The number of hydrogen-bond acceptors (Lipinski definition) is 5. The molecule has 1 fully saturated rings. The summed E-state index contributed by atoms with van der Waals surface area (Å²) in [4.78, 5) is 20.2. The Balaban J connectivity index is 1.92. The number of morpholine rings is 1. The van der Waals surface area contributed by atoms with Crippen molar-refractivity contribution in [3.63, 3.8) is 0 Å². The molecule has 0 atom stereocenters. The third kappa shape index (κ3) is 5.06. The minimum absolute atomic E-state index is 0.266. The minimum Gasteiger partial charge on any atom is -0.462 e. The van der Waals surface area contributed by atoms with Crippen LogP contribution < -0.4 is 9.70 Å². The number of quaternary nitrogens is 1. The quantitative estimate of drug-likeness (QED) is 0.761. The number of nitrogens with zero attached hydrogens (tertiary/aromatic N) is 2. The zero-order chi connectivity index (χ0) is 19.2. The molecule has 1 aliphatic rings. The second-order valence-electron chi connectivity index (χ2n) is 6.73. The third-order valence-corrected chi connectivity index (χ3v) is 5.93. The van der Waals surface area contributed by atoms with E-state index in [0.717, 1.165) is 55.6 Å². The fourth-order valence-corrected chi connectivity index (χ4v) is 4.20. The highest BCUT2D eigenvalue weighted by atomic mass is 32.1. The predicted molar refractivity (Wildman–Crippen MR) is 106 cm³/mol. The molecule has 3 rings (SSSR count). The molecule has 7 heteroatoms. The molecule has 0 amide bonds. The zero-order valence-corrected chi connectivity index (χ0v) is 17.1. The highest BCUT2D eigenvalue weighted by Gasteiger charge is 2.20. The van der Waals surface area contributed by atoms with Crippen molar-refractivity contribution >= 4 is 23.0 Å². The van der Waals surface area contributed by atoms with Crippen LogP contribution in [0.25, 0.3) is 0 Å². The summed E-state index contributed by atoms with van der Waals surface area (Å²) >= 11 is 1.41. The van der Waals surface area contributed by atoms with E-state index in [1.807, 2.05) is 38.1 Å². The summed E-state index contributed by atoms with van der Waals surface area (Å²) in [6.45, 7) is 11.7. The smallest absolute Gasteiger partial charge is 0.350 e. The second-order valence-corrected chi connectivity index (χ2v) is 7.71. The van der Waals surface area contributed by atoms with Gasteiger partial charge in [0, 0.05) is 5.69 Å². The second kappa shape index (κ2) is 9.30. The summed E-state index contributed by atoms with van der Waals surface area (Å²) in [6.07, 6.45) is 0. The van der Waals surface area contributed by atoms with Gasteiger partial charge in [0.05, 0.1) is 38.6 Å². The van der Waals surface area contributed by atoms with Crippen LogP contribution in [0.4, 0.5) is 5.69 Å². The average molecular weight is 391 g/mol. The number of thiazole rings is 1. The molecule has 0 aliphatic carbocycles. The fraction of sp³-hybridized carbons (Fsp3) is 0.500. The number of esters is 1. The molecule has 0 spiro atoms. The van der Waals surface area contributed by atoms with Crippen LogP contribution in [-0.2, 0) is 16.0 Å². The topological polar surface area (TPSA) is 57.3 Å². The molecule has 1 aromatic heterocycles. The summed E-state index contributed by atoms with van der Waals surface area (Å²) in [5, 5.41) is 0. The van der Waals surface area contributed by atoms with Crippen molar-refractivity contribution in [2.24, 2.45) is 4.99 Å². The lowest BCUT2D eigenvalue weighted by molar-refractivity contribution is -0.908. The van der Waals surface area contributed by atoms with E-state index in [1.54, 1.807) is 0 Å². The van der Waals surface area contributed by atoms with Crippen LogP contribution in [0.1, 0.15) is 27.9 Å². The zero-order valence-electron chi connectivity index (χ0n) is 16.3. The van der Waals surface area contributed by atoms with Gasteiger partial charge < -0.3 is 18.9 Å². The molecule has 1 aromatic carbocycles. The number of nitrogens with one attached hydrogen (secondary N) is 1. The number of aromatic nitrogens is 1. The number of ether oxygens (including phenoxy) is 2.